The summed E-state index contributed by atoms with van der Waals surface area (Å²) in [4.78, 5) is 0.201. The van der Waals surface area contributed by atoms with Crippen molar-refractivity contribution in [2.75, 3.05) is 5.73 Å². The molecule has 0 aliphatic rings. The van der Waals surface area contributed by atoms with Gasteiger partial charge in [0.15, 0.2) is 0 Å². The standard InChI is InChI=1S/C7H9NO2S/c1-5-3-2-4-6(8)7(5)11(9)10/h2-4H,8H2,1H3,(H,9,10)/p-1. The molecule has 4 heteroatoms. The predicted octanol–water partition coefficient (Wildman–Crippen LogP) is 0.815. The van der Waals surface area contributed by atoms with E-state index in [1.54, 1.807) is 25.1 Å². The summed E-state index contributed by atoms with van der Waals surface area (Å²) in [5.74, 6) is 0. The van der Waals surface area contributed by atoms with Crippen molar-refractivity contribution in [1.29, 1.82) is 0 Å². The average Bonchev–Trinajstić information content (AvgIpc) is 1.85. The maximum absolute atomic E-state index is 10.6. The smallest absolute Gasteiger partial charge is 0.0507 e. The van der Waals surface area contributed by atoms with Gasteiger partial charge in [-0.1, -0.05) is 12.1 Å². The van der Waals surface area contributed by atoms with Gasteiger partial charge in [0.05, 0.1) is 4.90 Å². The van der Waals surface area contributed by atoms with Crippen molar-refractivity contribution >= 4 is 16.8 Å². The first-order chi connectivity index (χ1) is 5.13. The lowest BCUT2D eigenvalue weighted by Crippen LogP contribution is -1.98. The maximum Gasteiger partial charge on any atom is 0.0507 e. The fourth-order valence-electron chi connectivity index (χ4n) is 0.903. The van der Waals surface area contributed by atoms with Crippen LogP contribution in [0.1, 0.15) is 5.56 Å². The molecule has 0 saturated carbocycles. The number of hydrogen-bond acceptors (Lipinski definition) is 3. The van der Waals surface area contributed by atoms with Gasteiger partial charge in [-0.25, -0.2) is 0 Å². The summed E-state index contributed by atoms with van der Waals surface area (Å²) < 4.78 is 21.1. The van der Waals surface area contributed by atoms with E-state index >= 15 is 0 Å². The van der Waals surface area contributed by atoms with E-state index in [0.29, 0.717) is 11.3 Å². The van der Waals surface area contributed by atoms with Crippen molar-refractivity contribution < 1.29 is 8.76 Å². The second-order valence-electron chi connectivity index (χ2n) is 2.23. The molecular formula is C7H8NO2S-. The minimum Gasteiger partial charge on any atom is -0.768 e. The summed E-state index contributed by atoms with van der Waals surface area (Å²) in [6.45, 7) is 1.71. The van der Waals surface area contributed by atoms with Crippen LogP contribution in [0.4, 0.5) is 5.69 Å². The summed E-state index contributed by atoms with van der Waals surface area (Å²) in [6.07, 6.45) is 0. The van der Waals surface area contributed by atoms with Crippen molar-refractivity contribution in [3.63, 3.8) is 0 Å². The summed E-state index contributed by atoms with van der Waals surface area (Å²) in [6, 6.07) is 5.00. The SMILES string of the molecule is Cc1cccc(N)c1S(=O)[O-]. The van der Waals surface area contributed by atoms with Gasteiger partial charge in [-0.3, -0.25) is 4.21 Å². The molecule has 2 N–H and O–H groups in total. The molecule has 0 spiro atoms. The lowest BCUT2D eigenvalue weighted by atomic mass is 10.2. The van der Waals surface area contributed by atoms with Crippen molar-refractivity contribution in [2.45, 2.75) is 11.8 Å². The van der Waals surface area contributed by atoms with Crippen LogP contribution < -0.4 is 5.73 Å². The highest BCUT2D eigenvalue weighted by Gasteiger charge is 2.01. The summed E-state index contributed by atoms with van der Waals surface area (Å²) in [5, 5.41) is 0. The van der Waals surface area contributed by atoms with Crippen LogP contribution in [-0.4, -0.2) is 8.76 Å². The van der Waals surface area contributed by atoms with Crippen LogP contribution in [0.25, 0.3) is 0 Å². The molecule has 0 fully saturated rings. The highest BCUT2D eigenvalue weighted by molar-refractivity contribution is 7.79. The first-order valence-corrected chi connectivity index (χ1v) is 4.15. The number of rotatable bonds is 1. The average molecular weight is 170 g/mol. The number of hydrogen-bond donors (Lipinski definition) is 1. The molecule has 1 unspecified atom stereocenters. The number of nitrogen functional groups attached to an aromatic ring is 1. The molecule has 0 amide bonds. The fourth-order valence-corrected chi connectivity index (χ4v) is 1.49. The zero-order valence-electron chi connectivity index (χ0n) is 6.03. The highest BCUT2D eigenvalue weighted by Crippen LogP contribution is 2.18. The third kappa shape index (κ3) is 1.58. The number of benzene rings is 1. The Morgan fingerprint density at radius 2 is 2.18 bits per heavy atom. The Kier molecular flexibility index (Phi) is 2.26. The molecule has 0 saturated heterocycles. The van der Waals surface area contributed by atoms with Gasteiger partial charge in [0, 0.05) is 5.69 Å². The number of aryl methyl sites for hydroxylation is 1. The Morgan fingerprint density at radius 3 is 2.55 bits per heavy atom. The maximum atomic E-state index is 10.6. The zero-order chi connectivity index (χ0) is 8.43. The highest BCUT2D eigenvalue weighted by atomic mass is 32.2. The van der Waals surface area contributed by atoms with E-state index in [9.17, 15) is 8.76 Å². The van der Waals surface area contributed by atoms with Gasteiger partial charge >= 0.3 is 0 Å². The predicted molar refractivity (Wildman–Crippen MR) is 42.8 cm³/mol. The van der Waals surface area contributed by atoms with Gasteiger partial charge in [-0.05, 0) is 29.6 Å². The monoisotopic (exact) mass is 170 g/mol. The number of nitrogens with two attached hydrogens (primary N) is 1. The van der Waals surface area contributed by atoms with E-state index < -0.39 is 11.1 Å². The molecule has 1 atom stereocenters. The Morgan fingerprint density at radius 1 is 1.55 bits per heavy atom. The molecule has 0 radical (unpaired) electrons. The van der Waals surface area contributed by atoms with Crippen molar-refractivity contribution in [3.8, 4) is 0 Å². The Bertz CT molecular complexity index is 278. The molecule has 1 rings (SSSR count). The van der Waals surface area contributed by atoms with Crippen LogP contribution in [-0.2, 0) is 11.1 Å². The van der Waals surface area contributed by atoms with Crippen molar-refractivity contribution in [1.82, 2.24) is 0 Å². The van der Waals surface area contributed by atoms with Crippen LogP contribution in [0.2, 0.25) is 0 Å². The second-order valence-corrected chi connectivity index (χ2v) is 3.11. The third-order valence-electron chi connectivity index (χ3n) is 1.41. The van der Waals surface area contributed by atoms with E-state index in [2.05, 4.69) is 0 Å². The van der Waals surface area contributed by atoms with Crippen LogP contribution in [0.5, 0.6) is 0 Å². The third-order valence-corrected chi connectivity index (χ3v) is 2.30. The molecule has 3 nitrogen and oxygen atoms in total. The molecule has 0 aliphatic heterocycles. The summed E-state index contributed by atoms with van der Waals surface area (Å²) >= 11 is -2.23. The first-order valence-electron chi connectivity index (χ1n) is 3.07. The molecule has 0 heterocycles. The second kappa shape index (κ2) is 3.02. The lowest BCUT2D eigenvalue weighted by molar-refractivity contribution is 0.537. The lowest BCUT2D eigenvalue weighted by Gasteiger charge is -2.10. The van der Waals surface area contributed by atoms with Gasteiger partial charge in [0.25, 0.3) is 0 Å². The Balaban J connectivity index is 3.32. The van der Waals surface area contributed by atoms with Crippen LogP contribution >= 0.6 is 0 Å². The summed E-state index contributed by atoms with van der Waals surface area (Å²) in [7, 11) is 0. The largest absolute Gasteiger partial charge is 0.768 e. The minimum absolute atomic E-state index is 0.201. The van der Waals surface area contributed by atoms with Gasteiger partial charge in [-0.2, -0.15) is 0 Å². The van der Waals surface area contributed by atoms with E-state index in [0.717, 1.165) is 0 Å². The zero-order valence-corrected chi connectivity index (χ0v) is 6.85. The van der Waals surface area contributed by atoms with Gasteiger partial charge < -0.3 is 10.3 Å². The Hall–Kier alpha value is -0.870. The first kappa shape index (κ1) is 8.23. The van der Waals surface area contributed by atoms with Crippen LogP contribution in [0, 0.1) is 6.92 Å². The molecule has 60 valence electrons. The van der Waals surface area contributed by atoms with E-state index in [1.165, 1.54) is 0 Å². The van der Waals surface area contributed by atoms with Gasteiger partial charge in [0.2, 0.25) is 0 Å². The minimum atomic E-state index is -2.23. The molecular weight excluding hydrogens is 162 g/mol. The quantitative estimate of drug-likeness (QED) is 0.501. The van der Waals surface area contributed by atoms with Crippen LogP contribution in [0.15, 0.2) is 23.1 Å². The van der Waals surface area contributed by atoms with E-state index in [1.807, 2.05) is 0 Å². The number of anilines is 1. The summed E-state index contributed by atoms with van der Waals surface area (Å²) in [5.41, 5.74) is 6.41. The molecule has 0 aliphatic carbocycles. The van der Waals surface area contributed by atoms with E-state index in [4.69, 9.17) is 5.73 Å². The van der Waals surface area contributed by atoms with Gasteiger partial charge in [0.1, 0.15) is 0 Å². The van der Waals surface area contributed by atoms with Crippen LogP contribution in [0.3, 0.4) is 0 Å². The van der Waals surface area contributed by atoms with Crippen molar-refractivity contribution in [3.05, 3.63) is 23.8 Å². The molecule has 0 aromatic heterocycles. The molecule has 1 aromatic rings. The Labute approximate surface area is 67.5 Å². The van der Waals surface area contributed by atoms with Gasteiger partial charge in [-0.15, -0.1) is 0 Å². The fraction of sp³-hybridized carbons (Fsp3) is 0.143. The molecule has 1 aromatic carbocycles. The normalized spacial score (nSPS) is 12.9. The topological polar surface area (TPSA) is 66.2 Å². The van der Waals surface area contributed by atoms with E-state index in [-0.39, 0.29) is 4.90 Å². The molecule has 11 heavy (non-hydrogen) atoms. The molecule has 0 bridgehead atoms. The van der Waals surface area contributed by atoms with Crippen molar-refractivity contribution in [2.24, 2.45) is 0 Å².